The summed E-state index contributed by atoms with van der Waals surface area (Å²) in [6.45, 7) is 0.473. The molecule has 1 saturated heterocycles. The van der Waals surface area contributed by atoms with E-state index in [0.29, 0.717) is 24.2 Å². The third-order valence-electron chi connectivity index (χ3n) is 4.08. The number of fused-ring (bicyclic) bond motifs is 1. The lowest BCUT2D eigenvalue weighted by Gasteiger charge is -2.45. The van der Waals surface area contributed by atoms with Crippen molar-refractivity contribution in [3.8, 4) is 6.07 Å². The smallest absolute Gasteiger partial charge is 0.382 e. The Morgan fingerprint density at radius 3 is 2.64 bits per heavy atom. The molecule has 2 aromatic rings. The van der Waals surface area contributed by atoms with Gasteiger partial charge in [-0.15, -0.1) is 0 Å². The molecule has 22 heavy (non-hydrogen) atoms. The van der Waals surface area contributed by atoms with Crippen molar-refractivity contribution < 1.29 is 18.3 Å². The van der Waals surface area contributed by atoms with Crippen LogP contribution in [0.25, 0.3) is 10.8 Å². The van der Waals surface area contributed by atoms with Crippen molar-refractivity contribution in [2.75, 3.05) is 11.4 Å². The predicted molar refractivity (Wildman–Crippen MR) is 76.5 cm³/mol. The Bertz CT molecular complexity index is 751. The van der Waals surface area contributed by atoms with Crippen LogP contribution < -0.4 is 4.90 Å². The van der Waals surface area contributed by atoms with Crippen LogP contribution in [0.1, 0.15) is 12.0 Å². The van der Waals surface area contributed by atoms with E-state index >= 15 is 0 Å². The SMILES string of the molecule is N#Cc1cccc2cc(N3CCC3[C@H](O)C(F)(F)F)ccc12. The Balaban J connectivity index is 1.93. The molecule has 2 aromatic carbocycles. The van der Waals surface area contributed by atoms with Crippen molar-refractivity contribution in [2.24, 2.45) is 0 Å². The molecule has 1 fully saturated rings. The van der Waals surface area contributed by atoms with Gasteiger partial charge in [0.15, 0.2) is 6.10 Å². The number of anilines is 1. The minimum absolute atomic E-state index is 0.303. The number of aliphatic hydroxyl groups is 1. The highest BCUT2D eigenvalue weighted by Gasteiger charge is 2.48. The summed E-state index contributed by atoms with van der Waals surface area (Å²) in [7, 11) is 0. The van der Waals surface area contributed by atoms with E-state index < -0.39 is 18.3 Å². The first-order valence-electron chi connectivity index (χ1n) is 6.86. The first-order chi connectivity index (χ1) is 10.4. The molecule has 6 heteroatoms. The highest BCUT2D eigenvalue weighted by molar-refractivity contribution is 5.90. The topological polar surface area (TPSA) is 47.3 Å². The quantitative estimate of drug-likeness (QED) is 0.927. The highest BCUT2D eigenvalue weighted by atomic mass is 19.4. The molecule has 1 unspecified atom stereocenters. The molecule has 0 aromatic heterocycles. The van der Waals surface area contributed by atoms with Gasteiger partial charge in [0.25, 0.3) is 0 Å². The molecule has 1 aliphatic heterocycles. The Kier molecular flexibility index (Phi) is 3.45. The maximum atomic E-state index is 12.6. The maximum absolute atomic E-state index is 12.6. The van der Waals surface area contributed by atoms with Gasteiger partial charge < -0.3 is 10.0 Å². The molecule has 1 heterocycles. The van der Waals surface area contributed by atoms with E-state index in [-0.39, 0.29) is 0 Å². The lowest BCUT2D eigenvalue weighted by atomic mass is 9.94. The summed E-state index contributed by atoms with van der Waals surface area (Å²) in [5.41, 5.74) is 1.15. The largest absolute Gasteiger partial charge is 0.416 e. The Morgan fingerprint density at radius 2 is 2.05 bits per heavy atom. The average Bonchev–Trinajstić information content (AvgIpc) is 2.44. The maximum Gasteiger partial charge on any atom is 0.416 e. The molecule has 0 radical (unpaired) electrons. The van der Waals surface area contributed by atoms with Crippen LogP contribution >= 0.6 is 0 Å². The van der Waals surface area contributed by atoms with E-state index in [4.69, 9.17) is 5.26 Å². The fourth-order valence-corrected chi connectivity index (χ4v) is 2.82. The molecule has 0 bridgehead atoms. The number of nitriles is 1. The molecule has 3 rings (SSSR count). The summed E-state index contributed by atoms with van der Waals surface area (Å²) in [4.78, 5) is 1.55. The number of benzene rings is 2. The van der Waals surface area contributed by atoms with E-state index in [2.05, 4.69) is 6.07 Å². The van der Waals surface area contributed by atoms with Gasteiger partial charge in [0.05, 0.1) is 17.7 Å². The standard InChI is InChI=1S/C16H13F3N2O/c17-16(18,19)15(22)14-6-7-21(14)12-4-5-13-10(8-12)2-1-3-11(13)9-20/h1-5,8,14-15,22H,6-7H2/t14?,15-/m0/s1. The van der Waals surface area contributed by atoms with Crippen LogP contribution in [-0.4, -0.2) is 30.0 Å². The third kappa shape index (κ3) is 2.38. The first kappa shape index (κ1) is 14.7. The summed E-state index contributed by atoms with van der Waals surface area (Å²) in [5.74, 6) is 0. The summed E-state index contributed by atoms with van der Waals surface area (Å²) in [6.07, 6.45) is -6.66. The van der Waals surface area contributed by atoms with Gasteiger partial charge in [0.2, 0.25) is 0 Å². The van der Waals surface area contributed by atoms with Gasteiger partial charge in [0.1, 0.15) is 0 Å². The first-order valence-corrected chi connectivity index (χ1v) is 6.86. The van der Waals surface area contributed by atoms with E-state index in [0.717, 1.165) is 10.8 Å². The molecule has 3 nitrogen and oxygen atoms in total. The molecule has 0 spiro atoms. The molecule has 114 valence electrons. The highest BCUT2D eigenvalue weighted by Crippen LogP contribution is 2.36. The Morgan fingerprint density at radius 1 is 1.27 bits per heavy atom. The van der Waals surface area contributed by atoms with Crippen LogP contribution in [0.5, 0.6) is 0 Å². The van der Waals surface area contributed by atoms with Gasteiger partial charge >= 0.3 is 6.18 Å². The number of aliphatic hydroxyl groups excluding tert-OH is 1. The zero-order chi connectivity index (χ0) is 15.9. The van der Waals surface area contributed by atoms with Crippen LogP contribution in [0.4, 0.5) is 18.9 Å². The minimum Gasteiger partial charge on any atom is -0.382 e. The van der Waals surface area contributed by atoms with Gasteiger partial charge in [-0.3, -0.25) is 0 Å². The van der Waals surface area contributed by atoms with Gasteiger partial charge in [-0.25, -0.2) is 0 Å². The Labute approximate surface area is 125 Å². The zero-order valence-electron chi connectivity index (χ0n) is 11.5. The van der Waals surface area contributed by atoms with Crippen LogP contribution in [0.15, 0.2) is 36.4 Å². The summed E-state index contributed by atoms with van der Waals surface area (Å²) < 4.78 is 37.9. The van der Waals surface area contributed by atoms with Gasteiger partial charge in [-0.2, -0.15) is 18.4 Å². The molecule has 2 atom stereocenters. The van der Waals surface area contributed by atoms with Crippen molar-refractivity contribution in [3.63, 3.8) is 0 Å². The average molecular weight is 306 g/mol. The van der Waals surface area contributed by atoms with E-state index in [1.807, 2.05) is 6.07 Å². The lowest BCUT2D eigenvalue weighted by Crippen LogP contribution is -2.58. The van der Waals surface area contributed by atoms with Crippen molar-refractivity contribution in [1.82, 2.24) is 0 Å². The number of rotatable bonds is 2. The fraction of sp³-hybridized carbons (Fsp3) is 0.312. The van der Waals surface area contributed by atoms with Gasteiger partial charge in [0, 0.05) is 12.2 Å². The van der Waals surface area contributed by atoms with Gasteiger partial charge in [-0.1, -0.05) is 18.2 Å². The normalized spacial score (nSPS) is 19.6. The summed E-state index contributed by atoms with van der Waals surface area (Å²) in [5, 5.41) is 20.0. The molecule has 0 aliphatic carbocycles. The van der Waals surface area contributed by atoms with Gasteiger partial charge in [-0.05, 0) is 35.4 Å². The molecular formula is C16H13F3N2O. The van der Waals surface area contributed by atoms with Crippen LogP contribution in [0.2, 0.25) is 0 Å². The van der Waals surface area contributed by atoms with Crippen LogP contribution in [0, 0.1) is 11.3 Å². The number of alkyl halides is 3. The van der Waals surface area contributed by atoms with E-state index in [1.165, 1.54) is 0 Å². The number of hydrogen-bond acceptors (Lipinski definition) is 3. The zero-order valence-corrected chi connectivity index (χ0v) is 11.5. The monoisotopic (exact) mass is 306 g/mol. The summed E-state index contributed by atoms with van der Waals surface area (Å²) >= 11 is 0. The lowest BCUT2D eigenvalue weighted by molar-refractivity contribution is -0.213. The molecule has 1 aliphatic rings. The number of halogens is 3. The van der Waals surface area contributed by atoms with E-state index in [1.54, 1.807) is 35.2 Å². The minimum atomic E-state index is -4.62. The van der Waals surface area contributed by atoms with Crippen molar-refractivity contribution in [3.05, 3.63) is 42.0 Å². The summed E-state index contributed by atoms with van der Waals surface area (Å²) in [6, 6.07) is 11.6. The second-order valence-corrected chi connectivity index (χ2v) is 5.36. The Hall–Kier alpha value is -2.26. The predicted octanol–water partition coefficient (Wildman–Crippen LogP) is 3.21. The van der Waals surface area contributed by atoms with Crippen molar-refractivity contribution >= 4 is 16.5 Å². The van der Waals surface area contributed by atoms with Crippen molar-refractivity contribution in [2.45, 2.75) is 24.7 Å². The second-order valence-electron chi connectivity index (χ2n) is 5.36. The molecule has 0 saturated carbocycles. The van der Waals surface area contributed by atoms with Crippen LogP contribution in [0.3, 0.4) is 0 Å². The number of hydrogen-bond donors (Lipinski definition) is 1. The fourth-order valence-electron chi connectivity index (χ4n) is 2.82. The van der Waals surface area contributed by atoms with E-state index in [9.17, 15) is 18.3 Å². The second kappa shape index (κ2) is 5.18. The molecule has 0 amide bonds. The third-order valence-corrected chi connectivity index (χ3v) is 4.08. The molecule has 1 N–H and O–H groups in total. The molecular weight excluding hydrogens is 293 g/mol. The van der Waals surface area contributed by atoms with Crippen LogP contribution in [-0.2, 0) is 0 Å². The number of nitrogens with zero attached hydrogens (tertiary/aromatic N) is 2. The van der Waals surface area contributed by atoms with Crippen molar-refractivity contribution in [1.29, 1.82) is 5.26 Å².